The molecule has 0 saturated carbocycles. The van der Waals surface area contributed by atoms with Crippen molar-refractivity contribution in [2.45, 2.75) is 25.8 Å². The Morgan fingerprint density at radius 3 is 2.47 bits per heavy atom. The molecule has 2 aromatic carbocycles. The largest absolute Gasteiger partial charge is 0.467 e. The topological polar surface area (TPSA) is 82.9 Å². The fourth-order valence-corrected chi connectivity index (χ4v) is 4.32. The lowest BCUT2D eigenvalue weighted by Crippen LogP contribution is -2.30. The van der Waals surface area contributed by atoms with Crippen molar-refractivity contribution in [2.75, 3.05) is 23.3 Å². The third-order valence-corrected chi connectivity index (χ3v) is 5.98. The molecule has 0 spiro atoms. The molecule has 5 rings (SSSR count). The van der Waals surface area contributed by atoms with Gasteiger partial charge in [-0.1, -0.05) is 12.1 Å². The van der Waals surface area contributed by atoms with Crippen molar-refractivity contribution in [3.63, 3.8) is 0 Å². The molecule has 7 heteroatoms. The maximum Gasteiger partial charge on any atom is 0.261 e. The van der Waals surface area contributed by atoms with Crippen LogP contribution in [0.2, 0.25) is 0 Å². The second-order valence-corrected chi connectivity index (χ2v) is 8.06. The van der Waals surface area contributed by atoms with Crippen LogP contribution in [0, 0.1) is 0 Å². The molecule has 1 fully saturated rings. The van der Waals surface area contributed by atoms with E-state index in [0.717, 1.165) is 42.2 Å². The average molecular weight is 429 g/mol. The number of piperidine rings is 1. The highest BCUT2D eigenvalue weighted by Gasteiger charge is 2.36. The molecule has 1 N–H and O–H groups in total. The molecule has 1 aromatic heterocycles. The van der Waals surface area contributed by atoms with E-state index in [1.165, 1.54) is 18.8 Å². The summed E-state index contributed by atoms with van der Waals surface area (Å²) in [6, 6.07) is 15.8. The number of nitrogens with one attached hydrogen (secondary N) is 1. The van der Waals surface area contributed by atoms with E-state index >= 15 is 0 Å². The van der Waals surface area contributed by atoms with Gasteiger partial charge in [-0.3, -0.25) is 19.3 Å². The minimum Gasteiger partial charge on any atom is -0.467 e. The summed E-state index contributed by atoms with van der Waals surface area (Å²) in [4.78, 5) is 42.0. The number of carbonyl (C=O) groups is 3. The number of carbonyl (C=O) groups excluding carboxylic acids is 3. The van der Waals surface area contributed by atoms with Gasteiger partial charge in [0, 0.05) is 18.7 Å². The second kappa shape index (κ2) is 8.34. The summed E-state index contributed by atoms with van der Waals surface area (Å²) in [7, 11) is 0. The molecule has 32 heavy (non-hydrogen) atoms. The van der Waals surface area contributed by atoms with Crippen molar-refractivity contribution in [1.29, 1.82) is 0 Å². The van der Waals surface area contributed by atoms with Gasteiger partial charge in [0.05, 0.1) is 35.3 Å². The summed E-state index contributed by atoms with van der Waals surface area (Å²) < 4.78 is 5.27. The van der Waals surface area contributed by atoms with Gasteiger partial charge in [0.2, 0.25) is 0 Å². The Morgan fingerprint density at radius 2 is 1.69 bits per heavy atom. The van der Waals surface area contributed by atoms with Crippen LogP contribution in [0.4, 0.5) is 11.4 Å². The van der Waals surface area contributed by atoms with E-state index in [0.29, 0.717) is 16.9 Å². The first kappa shape index (κ1) is 20.1. The second-order valence-electron chi connectivity index (χ2n) is 8.06. The molecule has 1 saturated heterocycles. The van der Waals surface area contributed by atoms with E-state index in [2.05, 4.69) is 10.2 Å². The Bertz CT molecular complexity index is 1180. The highest BCUT2D eigenvalue weighted by atomic mass is 16.3. The van der Waals surface area contributed by atoms with Crippen molar-refractivity contribution in [1.82, 2.24) is 4.90 Å². The number of para-hydroxylation sites is 2. The van der Waals surface area contributed by atoms with E-state index in [1.807, 2.05) is 24.3 Å². The first-order chi connectivity index (χ1) is 15.6. The number of nitrogens with zero attached hydrogens (tertiary/aromatic N) is 2. The van der Waals surface area contributed by atoms with Crippen LogP contribution in [0.25, 0.3) is 0 Å². The molecule has 3 heterocycles. The molecule has 0 aliphatic carbocycles. The number of hydrogen-bond donors (Lipinski definition) is 1. The molecule has 0 bridgehead atoms. The highest BCUT2D eigenvalue weighted by molar-refractivity contribution is 6.22. The smallest absolute Gasteiger partial charge is 0.261 e. The zero-order valence-electron chi connectivity index (χ0n) is 17.5. The van der Waals surface area contributed by atoms with Gasteiger partial charge in [-0.05, 0) is 61.7 Å². The molecular weight excluding hydrogens is 406 g/mol. The van der Waals surface area contributed by atoms with Crippen LogP contribution in [0.1, 0.15) is 56.1 Å². The molecule has 0 radical (unpaired) electrons. The fraction of sp³-hybridized carbons (Fsp3) is 0.240. The predicted molar refractivity (Wildman–Crippen MR) is 120 cm³/mol. The average Bonchev–Trinajstić information content (AvgIpc) is 3.43. The summed E-state index contributed by atoms with van der Waals surface area (Å²) >= 11 is 0. The molecule has 2 aliphatic rings. The Hall–Kier alpha value is -3.87. The monoisotopic (exact) mass is 429 g/mol. The quantitative estimate of drug-likeness (QED) is 0.611. The van der Waals surface area contributed by atoms with Gasteiger partial charge >= 0.3 is 0 Å². The number of fused-ring (bicyclic) bond motifs is 1. The molecule has 2 aliphatic heterocycles. The third-order valence-electron chi connectivity index (χ3n) is 5.98. The summed E-state index contributed by atoms with van der Waals surface area (Å²) in [5.41, 5.74) is 2.60. The summed E-state index contributed by atoms with van der Waals surface area (Å²) in [6.45, 7) is 1.99. The molecule has 3 amide bonds. The first-order valence-corrected chi connectivity index (χ1v) is 10.8. The number of rotatable bonds is 5. The third kappa shape index (κ3) is 3.66. The molecular formula is C25H23N3O4. The van der Waals surface area contributed by atoms with E-state index in [4.69, 9.17) is 4.42 Å². The van der Waals surface area contributed by atoms with Crippen LogP contribution in [-0.4, -0.2) is 35.7 Å². The number of anilines is 2. The van der Waals surface area contributed by atoms with Crippen LogP contribution in [0.5, 0.6) is 0 Å². The van der Waals surface area contributed by atoms with Crippen molar-refractivity contribution < 1.29 is 18.8 Å². The lowest BCUT2D eigenvalue weighted by atomic mass is 10.0. The SMILES string of the molecule is O=C(Nc1ccccc1N1CCCCC1)c1ccc2c(c1)C(=O)N(Cc1ccco1)C2=O. The first-order valence-electron chi connectivity index (χ1n) is 10.8. The highest BCUT2D eigenvalue weighted by Crippen LogP contribution is 2.30. The molecule has 0 atom stereocenters. The van der Waals surface area contributed by atoms with Gasteiger partial charge in [-0.2, -0.15) is 0 Å². The molecule has 0 unspecified atom stereocenters. The fourth-order valence-electron chi connectivity index (χ4n) is 4.32. The van der Waals surface area contributed by atoms with Crippen LogP contribution < -0.4 is 10.2 Å². The lowest BCUT2D eigenvalue weighted by molar-refractivity contribution is 0.0631. The Kier molecular flexibility index (Phi) is 5.23. The number of amides is 3. The van der Waals surface area contributed by atoms with E-state index in [-0.39, 0.29) is 23.9 Å². The Morgan fingerprint density at radius 1 is 0.906 bits per heavy atom. The predicted octanol–water partition coefficient (Wildman–Crippen LogP) is 4.32. The van der Waals surface area contributed by atoms with Crippen LogP contribution in [0.3, 0.4) is 0 Å². The molecule has 7 nitrogen and oxygen atoms in total. The number of hydrogen-bond acceptors (Lipinski definition) is 5. The van der Waals surface area contributed by atoms with E-state index < -0.39 is 5.91 Å². The van der Waals surface area contributed by atoms with Crippen LogP contribution in [0.15, 0.2) is 65.3 Å². The van der Waals surface area contributed by atoms with Crippen molar-refractivity contribution in [3.8, 4) is 0 Å². The van der Waals surface area contributed by atoms with Gasteiger partial charge in [-0.25, -0.2) is 0 Å². The number of imide groups is 1. The van der Waals surface area contributed by atoms with Gasteiger partial charge in [-0.15, -0.1) is 0 Å². The zero-order chi connectivity index (χ0) is 22.1. The lowest BCUT2D eigenvalue weighted by Gasteiger charge is -2.30. The Labute approximate surface area is 185 Å². The van der Waals surface area contributed by atoms with Crippen molar-refractivity contribution in [3.05, 3.63) is 83.3 Å². The number of furan rings is 1. The van der Waals surface area contributed by atoms with Crippen LogP contribution in [-0.2, 0) is 6.54 Å². The van der Waals surface area contributed by atoms with Crippen molar-refractivity contribution in [2.24, 2.45) is 0 Å². The maximum atomic E-state index is 13.0. The van der Waals surface area contributed by atoms with E-state index in [9.17, 15) is 14.4 Å². The number of benzene rings is 2. The van der Waals surface area contributed by atoms with Crippen LogP contribution >= 0.6 is 0 Å². The summed E-state index contributed by atoms with van der Waals surface area (Å²) in [5, 5.41) is 2.98. The molecule has 3 aromatic rings. The van der Waals surface area contributed by atoms with Gasteiger partial charge in [0.25, 0.3) is 17.7 Å². The minimum atomic E-state index is -0.426. The van der Waals surface area contributed by atoms with E-state index in [1.54, 1.807) is 24.3 Å². The summed E-state index contributed by atoms with van der Waals surface area (Å²) in [5.74, 6) is -0.609. The zero-order valence-corrected chi connectivity index (χ0v) is 17.5. The Balaban J connectivity index is 1.37. The standard InChI is InChI=1S/C25H23N3O4/c29-23(26-21-8-2-3-9-22(21)27-12-4-1-5-13-27)17-10-11-19-20(15-17)25(31)28(24(19)30)16-18-7-6-14-32-18/h2-3,6-11,14-15H,1,4-5,12-13,16H2,(H,26,29). The van der Waals surface area contributed by atoms with Gasteiger partial charge in [0.15, 0.2) is 0 Å². The summed E-state index contributed by atoms with van der Waals surface area (Å²) in [6.07, 6.45) is 5.00. The minimum absolute atomic E-state index is 0.0596. The molecule has 162 valence electrons. The van der Waals surface area contributed by atoms with Crippen molar-refractivity contribution >= 4 is 29.1 Å². The normalized spacial score (nSPS) is 15.8. The van der Waals surface area contributed by atoms with Gasteiger partial charge < -0.3 is 14.6 Å². The maximum absolute atomic E-state index is 13.0. The van der Waals surface area contributed by atoms with Gasteiger partial charge in [0.1, 0.15) is 5.76 Å².